The second-order valence-electron chi connectivity index (χ2n) is 3.71. The summed E-state index contributed by atoms with van der Waals surface area (Å²) in [5.41, 5.74) is 1.43. The Morgan fingerprint density at radius 3 is 2.78 bits per heavy atom. The van der Waals surface area contributed by atoms with Gasteiger partial charge in [-0.2, -0.15) is 0 Å². The molecule has 6 nitrogen and oxygen atoms in total. The topological polar surface area (TPSA) is 96.6 Å². The minimum Gasteiger partial charge on any atom is -0.475 e. The third-order valence-corrected chi connectivity index (χ3v) is 2.96. The molecule has 0 spiro atoms. The molecule has 1 heterocycles. The summed E-state index contributed by atoms with van der Waals surface area (Å²) in [6.07, 6.45) is 0. The Labute approximate surface area is 104 Å². The summed E-state index contributed by atoms with van der Waals surface area (Å²) in [7, 11) is -2.55. The summed E-state index contributed by atoms with van der Waals surface area (Å²) >= 11 is 0. The highest BCUT2D eigenvalue weighted by atomic mass is 32.2. The molecule has 0 aliphatic rings. The van der Waals surface area contributed by atoms with Crippen molar-refractivity contribution in [1.29, 1.82) is 0 Å². The number of aromatic carboxylic acids is 1. The molecule has 0 atom stereocenters. The quantitative estimate of drug-likeness (QED) is 0.726. The molecule has 1 aromatic carbocycles. The zero-order chi connectivity index (χ0) is 13.3. The molecule has 0 amide bonds. The Hall–Kier alpha value is -2.02. The van der Waals surface area contributed by atoms with E-state index < -0.39 is 16.7 Å². The standard InChI is InChI=1S/C11H11NO5S/c1-6-9-7(12-5-18(15)16)3-2-4-8(9)17-10(6)11(13)14/h2-4,12,18H,5H2,1H3,(H,13,14). The van der Waals surface area contributed by atoms with E-state index >= 15 is 0 Å². The van der Waals surface area contributed by atoms with Crippen molar-refractivity contribution in [3.63, 3.8) is 0 Å². The number of benzene rings is 1. The summed E-state index contributed by atoms with van der Waals surface area (Å²) in [5.74, 6) is -1.49. The second-order valence-corrected chi connectivity index (χ2v) is 4.69. The number of hydrogen-bond acceptors (Lipinski definition) is 5. The Bertz CT molecular complexity index is 678. The maximum Gasteiger partial charge on any atom is 0.372 e. The van der Waals surface area contributed by atoms with Gasteiger partial charge in [-0.15, -0.1) is 0 Å². The molecule has 0 bridgehead atoms. The number of anilines is 1. The fraction of sp³-hybridized carbons (Fsp3) is 0.182. The number of fused-ring (bicyclic) bond motifs is 1. The van der Waals surface area contributed by atoms with Gasteiger partial charge >= 0.3 is 5.97 Å². The van der Waals surface area contributed by atoms with Crippen molar-refractivity contribution >= 4 is 33.3 Å². The van der Waals surface area contributed by atoms with Crippen LogP contribution in [0.25, 0.3) is 11.0 Å². The van der Waals surface area contributed by atoms with Crippen molar-refractivity contribution < 1.29 is 22.7 Å². The van der Waals surface area contributed by atoms with E-state index in [0.717, 1.165) is 0 Å². The number of furan rings is 1. The van der Waals surface area contributed by atoms with Crippen LogP contribution in [0.2, 0.25) is 0 Å². The zero-order valence-electron chi connectivity index (χ0n) is 9.47. The summed E-state index contributed by atoms with van der Waals surface area (Å²) < 4.78 is 26.3. The maximum absolute atomic E-state index is 11.0. The minimum absolute atomic E-state index is 0.134. The average molecular weight is 269 g/mol. The monoisotopic (exact) mass is 269 g/mol. The summed E-state index contributed by atoms with van der Waals surface area (Å²) in [6.45, 7) is 1.62. The summed E-state index contributed by atoms with van der Waals surface area (Å²) in [5, 5.41) is 12.3. The van der Waals surface area contributed by atoms with Crippen LogP contribution in [0.5, 0.6) is 0 Å². The van der Waals surface area contributed by atoms with Gasteiger partial charge in [0.05, 0.1) is 0 Å². The third-order valence-electron chi connectivity index (χ3n) is 2.55. The Balaban J connectivity index is 2.57. The van der Waals surface area contributed by atoms with Gasteiger partial charge in [-0.25, -0.2) is 13.2 Å². The number of hydrogen-bond donors (Lipinski definition) is 3. The molecule has 96 valence electrons. The predicted octanol–water partition coefficient (Wildman–Crippen LogP) is 1.42. The molecule has 7 heteroatoms. The largest absolute Gasteiger partial charge is 0.475 e. The fourth-order valence-electron chi connectivity index (χ4n) is 1.80. The van der Waals surface area contributed by atoms with E-state index in [4.69, 9.17) is 9.52 Å². The first-order valence-electron chi connectivity index (χ1n) is 5.11. The Kier molecular flexibility index (Phi) is 3.24. The van der Waals surface area contributed by atoms with Crippen LogP contribution in [0, 0.1) is 6.92 Å². The van der Waals surface area contributed by atoms with Gasteiger partial charge in [-0.05, 0) is 19.1 Å². The Morgan fingerprint density at radius 2 is 2.17 bits per heavy atom. The normalized spacial score (nSPS) is 11.0. The molecule has 18 heavy (non-hydrogen) atoms. The fourth-order valence-corrected chi connectivity index (χ4v) is 2.10. The SMILES string of the molecule is Cc1c(C(=O)O)oc2cccc(NC[SH](=O)=O)c12. The molecule has 0 radical (unpaired) electrons. The number of thiol groups is 1. The van der Waals surface area contributed by atoms with E-state index in [9.17, 15) is 13.2 Å². The van der Waals surface area contributed by atoms with Gasteiger partial charge in [0.25, 0.3) is 0 Å². The third kappa shape index (κ3) is 2.17. The second kappa shape index (κ2) is 4.69. The molecular weight excluding hydrogens is 258 g/mol. The van der Waals surface area contributed by atoms with Crippen LogP contribution < -0.4 is 5.32 Å². The molecule has 0 saturated heterocycles. The van der Waals surface area contributed by atoms with Crippen molar-refractivity contribution in [2.75, 3.05) is 11.2 Å². The predicted molar refractivity (Wildman–Crippen MR) is 66.7 cm³/mol. The Morgan fingerprint density at radius 1 is 1.44 bits per heavy atom. The van der Waals surface area contributed by atoms with E-state index in [0.29, 0.717) is 22.2 Å². The molecule has 2 aromatic rings. The highest BCUT2D eigenvalue weighted by Crippen LogP contribution is 2.31. The lowest BCUT2D eigenvalue weighted by Gasteiger charge is -2.03. The molecule has 0 saturated carbocycles. The van der Waals surface area contributed by atoms with Gasteiger partial charge in [0.15, 0.2) is 10.7 Å². The van der Waals surface area contributed by atoms with Crippen LogP contribution in [0.1, 0.15) is 16.1 Å². The summed E-state index contributed by atoms with van der Waals surface area (Å²) in [6, 6.07) is 4.98. The van der Waals surface area contributed by atoms with Gasteiger partial charge in [-0.1, -0.05) is 6.07 Å². The van der Waals surface area contributed by atoms with Crippen LogP contribution >= 0.6 is 0 Å². The highest BCUT2D eigenvalue weighted by Gasteiger charge is 2.18. The van der Waals surface area contributed by atoms with Crippen LogP contribution in [0.4, 0.5) is 5.69 Å². The lowest BCUT2D eigenvalue weighted by molar-refractivity contribution is 0.0664. The van der Waals surface area contributed by atoms with Gasteiger partial charge < -0.3 is 14.8 Å². The van der Waals surface area contributed by atoms with Crippen LogP contribution in [-0.4, -0.2) is 25.4 Å². The van der Waals surface area contributed by atoms with E-state index in [1.807, 2.05) is 0 Å². The van der Waals surface area contributed by atoms with Crippen molar-refractivity contribution in [3.05, 3.63) is 29.5 Å². The van der Waals surface area contributed by atoms with Gasteiger partial charge in [-0.3, -0.25) is 0 Å². The molecule has 1 aromatic heterocycles. The molecule has 2 N–H and O–H groups in total. The molecular formula is C11H11NO5S. The van der Waals surface area contributed by atoms with E-state index in [-0.39, 0.29) is 11.6 Å². The van der Waals surface area contributed by atoms with Crippen molar-refractivity contribution in [2.45, 2.75) is 6.92 Å². The first-order valence-corrected chi connectivity index (χ1v) is 6.48. The van der Waals surface area contributed by atoms with E-state index in [2.05, 4.69) is 5.32 Å². The lowest BCUT2D eigenvalue weighted by atomic mass is 10.1. The number of nitrogens with one attached hydrogen (secondary N) is 1. The first-order chi connectivity index (χ1) is 8.50. The minimum atomic E-state index is -2.55. The first kappa shape index (κ1) is 12.4. The van der Waals surface area contributed by atoms with E-state index in [1.165, 1.54) is 0 Å². The number of carboxylic acid groups (broad SMARTS) is 1. The van der Waals surface area contributed by atoms with Gasteiger partial charge in [0.1, 0.15) is 11.5 Å². The van der Waals surface area contributed by atoms with Crippen LogP contribution in [-0.2, 0) is 10.7 Å². The average Bonchev–Trinajstić information content (AvgIpc) is 2.65. The van der Waals surface area contributed by atoms with E-state index in [1.54, 1.807) is 25.1 Å². The van der Waals surface area contributed by atoms with Crippen molar-refractivity contribution in [2.24, 2.45) is 0 Å². The van der Waals surface area contributed by atoms with Crippen LogP contribution in [0.15, 0.2) is 22.6 Å². The van der Waals surface area contributed by atoms with Gasteiger partial charge in [0.2, 0.25) is 5.76 Å². The molecule has 0 unspecified atom stereocenters. The van der Waals surface area contributed by atoms with Gasteiger partial charge in [0, 0.05) is 16.6 Å². The number of carboxylic acids is 1. The smallest absolute Gasteiger partial charge is 0.372 e. The van der Waals surface area contributed by atoms with Crippen LogP contribution in [0.3, 0.4) is 0 Å². The molecule has 0 aliphatic heterocycles. The summed E-state index contributed by atoms with van der Waals surface area (Å²) in [4.78, 5) is 11.0. The molecule has 0 fully saturated rings. The molecule has 0 aliphatic carbocycles. The maximum atomic E-state index is 11.0. The molecule has 2 rings (SSSR count). The van der Waals surface area contributed by atoms with Crippen molar-refractivity contribution in [1.82, 2.24) is 0 Å². The van der Waals surface area contributed by atoms with Crippen molar-refractivity contribution in [3.8, 4) is 0 Å². The zero-order valence-corrected chi connectivity index (χ0v) is 10.4. The highest BCUT2D eigenvalue weighted by molar-refractivity contribution is 7.72. The number of rotatable bonds is 4. The number of aryl methyl sites for hydroxylation is 1. The lowest BCUT2D eigenvalue weighted by Crippen LogP contribution is -2.03. The number of carbonyl (C=O) groups is 1.